The lowest BCUT2D eigenvalue weighted by molar-refractivity contribution is -0.384. The highest BCUT2D eigenvalue weighted by Crippen LogP contribution is 2.20. The lowest BCUT2D eigenvalue weighted by Crippen LogP contribution is -2.51. The number of anilines is 1. The third-order valence-corrected chi connectivity index (χ3v) is 2.94. The zero-order chi connectivity index (χ0) is 13.0. The molecule has 1 aliphatic rings. The van der Waals surface area contributed by atoms with Crippen LogP contribution in [0.25, 0.3) is 0 Å². The average Bonchev–Trinajstić information content (AvgIpc) is 2.40. The van der Waals surface area contributed by atoms with Crippen LogP contribution in [0.4, 0.5) is 11.4 Å². The highest BCUT2D eigenvalue weighted by atomic mass is 16.6. The van der Waals surface area contributed by atoms with Gasteiger partial charge in [0, 0.05) is 44.0 Å². The first-order valence-corrected chi connectivity index (χ1v) is 5.65. The van der Waals surface area contributed by atoms with Crippen LogP contribution >= 0.6 is 0 Å². The first kappa shape index (κ1) is 12.3. The number of nitrogens with one attached hydrogen (secondary N) is 1. The third kappa shape index (κ3) is 2.75. The maximum absolute atomic E-state index is 10.5. The number of benzene rings is 1. The van der Waals surface area contributed by atoms with Crippen molar-refractivity contribution in [2.24, 2.45) is 0 Å². The second kappa shape index (κ2) is 5.46. The van der Waals surface area contributed by atoms with Gasteiger partial charge in [0.25, 0.3) is 5.69 Å². The van der Waals surface area contributed by atoms with Gasteiger partial charge in [-0.3, -0.25) is 20.3 Å². The van der Waals surface area contributed by atoms with Gasteiger partial charge < -0.3 is 4.90 Å². The van der Waals surface area contributed by atoms with Crippen molar-refractivity contribution < 1.29 is 9.72 Å². The summed E-state index contributed by atoms with van der Waals surface area (Å²) in [5.41, 5.74) is 3.68. The van der Waals surface area contributed by atoms with E-state index < -0.39 is 4.92 Å². The van der Waals surface area contributed by atoms with E-state index >= 15 is 0 Å². The van der Waals surface area contributed by atoms with Crippen LogP contribution in [0, 0.1) is 10.1 Å². The number of hydrazine groups is 1. The fourth-order valence-electron chi connectivity index (χ4n) is 1.95. The average molecular weight is 250 g/mol. The summed E-state index contributed by atoms with van der Waals surface area (Å²) in [5, 5.41) is 12.4. The maximum atomic E-state index is 10.5. The van der Waals surface area contributed by atoms with Gasteiger partial charge in [-0.25, -0.2) is 5.01 Å². The highest BCUT2D eigenvalue weighted by molar-refractivity contribution is 5.51. The standard InChI is InChI=1S/C11H14N4O3/c16-9-12-14-7-5-13(6-8-14)10-1-3-11(4-2-10)15(17)18/h1-4,9H,5-8H2,(H,12,16). The van der Waals surface area contributed by atoms with Crippen LogP contribution in [0.5, 0.6) is 0 Å². The van der Waals surface area contributed by atoms with Gasteiger partial charge in [0.05, 0.1) is 4.92 Å². The molecule has 0 radical (unpaired) electrons. The molecule has 0 aromatic heterocycles. The Labute approximate surface area is 104 Å². The van der Waals surface area contributed by atoms with Gasteiger partial charge in [0.1, 0.15) is 0 Å². The summed E-state index contributed by atoms with van der Waals surface area (Å²) in [6.45, 7) is 3.02. The number of nitrogens with zero attached hydrogens (tertiary/aromatic N) is 3. The summed E-state index contributed by atoms with van der Waals surface area (Å²) in [4.78, 5) is 22.6. The van der Waals surface area contributed by atoms with E-state index in [1.165, 1.54) is 12.1 Å². The minimum absolute atomic E-state index is 0.0972. The zero-order valence-electron chi connectivity index (χ0n) is 9.78. The number of carbonyl (C=O) groups excluding carboxylic acids is 1. The number of amides is 1. The molecule has 1 N–H and O–H groups in total. The van der Waals surface area contributed by atoms with Crippen molar-refractivity contribution in [3.8, 4) is 0 Å². The third-order valence-electron chi connectivity index (χ3n) is 2.94. The summed E-state index contributed by atoms with van der Waals surface area (Å²) < 4.78 is 0. The monoisotopic (exact) mass is 250 g/mol. The number of hydrogen-bond acceptors (Lipinski definition) is 5. The van der Waals surface area contributed by atoms with Crippen LogP contribution in [0.3, 0.4) is 0 Å². The predicted octanol–water partition coefficient (Wildman–Crippen LogP) is 0.378. The predicted molar refractivity (Wildman–Crippen MR) is 66.1 cm³/mol. The Balaban J connectivity index is 1.97. The second-order valence-corrected chi connectivity index (χ2v) is 3.99. The van der Waals surface area contributed by atoms with E-state index in [1.54, 1.807) is 12.1 Å². The molecule has 1 heterocycles. The Morgan fingerprint density at radius 1 is 1.17 bits per heavy atom. The summed E-state index contributed by atoms with van der Waals surface area (Å²) in [6, 6.07) is 6.51. The molecule has 1 aliphatic heterocycles. The van der Waals surface area contributed by atoms with Crippen LogP contribution in [0.2, 0.25) is 0 Å². The molecule has 0 unspecified atom stereocenters. The van der Waals surface area contributed by atoms with Crippen molar-refractivity contribution >= 4 is 17.8 Å². The molecule has 1 amide bonds. The van der Waals surface area contributed by atoms with Crippen molar-refractivity contribution in [2.45, 2.75) is 0 Å². The van der Waals surface area contributed by atoms with Crippen molar-refractivity contribution in [2.75, 3.05) is 31.1 Å². The van der Waals surface area contributed by atoms with Crippen molar-refractivity contribution in [3.63, 3.8) is 0 Å². The van der Waals surface area contributed by atoms with E-state index in [4.69, 9.17) is 0 Å². The summed E-state index contributed by atoms with van der Waals surface area (Å²) in [7, 11) is 0. The van der Waals surface area contributed by atoms with Gasteiger partial charge in [-0.05, 0) is 12.1 Å². The van der Waals surface area contributed by atoms with Gasteiger partial charge in [0.15, 0.2) is 0 Å². The summed E-state index contributed by atoms with van der Waals surface area (Å²) in [6.07, 6.45) is 0.668. The van der Waals surface area contributed by atoms with Crippen LogP contribution < -0.4 is 10.3 Å². The fraction of sp³-hybridized carbons (Fsp3) is 0.364. The minimum Gasteiger partial charge on any atom is -0.369 e. The van der Waals surface area contributed by atoms with E-state index in [2.05, 4.69) is 10.3 Å². The molecule has 0 bridgehead atoms. The largest absolute Gasteiger partial charge is 0.369 e. The number of rotatable bonds is 4. The first-order valence-electron chi connectivity index (χ1n) is 5.65. The number of nitro groups is 1. The van der Waals surface area contributed by atoms with Gasteiger partial charge in [-0.1, -0.05) is 0 Å². The Morgan fingerprint density at radius 2 is 1.78 bits per heavy atom. The molecule has 1 aromatic carbocycles. The molecule has 7 heteroatoms. The quantitative estimate of drug-likeness (QED) is 0.474. The topological polar surface area (TPSA) is 78.7 Å². The van der Waals surface area contributed by atoms with Gasteiger partial charge >= 0.3 is 0 Å². The molecule has 1 aromatic rings. The van der Waals surface area contributed by atoms with Crippen molar-refractivity contribution in [1.29, 1.82) is 0 Å². The molecule has 18 heavy (non-hydrogen) atoms. The lowest BCUT2D eigenvalue weighted by atomic mass is 10.2. The number of hydrogen-bond donors (Lipinski definition) is 1. The zero-order valence-corrected chi connectivity index (χ0v) is 9.78. The van der Waals surface area contributed by atoms with E-state index in [1.807, 2.05) is 5.01 Å². The van der Waals surface area contributed by atoms with Crippen molar-refractivity contribution in [3.05, 3.63) is 34.4 Å². The Bertz CT molecular complexity index is 426. The number of piperazine rings is 1. The van der Waals surface area contributed by atoms with Gasteiger partial charge in [0.2, 0.25) is 6.41 Å². The number of nitro benzene ring substituents is 1. The molecule has 0 spiro atoms. The molecule has 96 valence electrons. The van der Waals surface area contributed by atoms with Crippen LogP contribution in [0.1, 0.15) is 0 Å². The van der Waals surface area contributed by atoms with E-state index in [0.717, 1.165) is 31.9 Å². The van der Waals surface area contributed by atoms with Gasteiger partial charge in [-0.15, -0.1) is 0 Å². The Morgan fingerprint density at radius 3 is 2.28 bits per heavy atom. The Kier molecular flexibility index (Phi) is 3.73. The SMILES string of the molecule is O=CNN1CCN(c2ccc([N+](=O)[O-])cc2)CC1. The Hall–Kier alpha value is -2.15. The normalized spacial score (nSPS) is 16.3. The van der Waals surface area contributed by atoms with Crippen LogP contribution in [0.15, 0.2) is 24.3 Å². The van der Waals surface area contributed by atoms with Gasteiger partial charge in [-0.2, -0.15) is 0 Å². The van der Waals surface area contributed by atoms with E-state index in [-0.39, 0.29) is 5.69 Å². The molecule has 0 atom stereocenters. The first-order chi connectivity index (χ1) is 8.70. The highest BCUT2D eigenvalue weighted by Gasteiger charge is 2.17. The molecule has 0 aliphatic carbocycles. The number of carbonyl (C=O) groups is 1. The summed E-state index contributed by atoms with van der Waals surface area (Å²) in [5.74, 6) is 0. The van der Waals surface area contributed by atoms with Crippen LogP contribution in [-0.4, -0.2) is 42.5 Å². The molecule has 1 saturated heterocycles. The number of non-ortho nitro benzene ring substituents is 1. The second-order valence-electron chi connectivity index (χ2n) is 3.99. The van der Waals surface area contributed by atoms with E-state index in [0.29, 0.717) is 6.41 Å². The smallest absolute Gasteiger partial charge is 0.269 e. The maximum Gasteiger partial charge on any atom is 0.269 e. The summed E-state index contributed by atoms with van der Waals surface area (Å²) >= 11 is 0. The van der Waals surface area contributed by atoms with Crippen LogP contribution in [-0.2, 0) is 4.79 Å². The molecule has 1 fully saturated rings. The fourth-order valence-corrected chi connectivity index (χ4v) is 1.95. The molecular formula is C11H14N4O3. The molecule has 7 nitrogen and oxygen atoms in total. The molecule has 2 rings (SSSR count). The molecular weight excluding hydrogens is 236 g/mol. The lowest BCUT2D eigenvalue weighted by Gasteiger charge is -2.35. The van der Waals surface area contributed by atoms with E-state index in [9.17, 15) is 14.9 Å². The minimum atomic E-state index is -0.407. The van der Waals surface area contributed by atoms with Crippen molar-refractivity contribution in [1.82, 2.24) is 10.4 Å². The molecule has 0 saturated carbocycles.